The summed E-state index contributed by atoms with van der Waals surface area (Å²) in [5.41, 5.74) is 9.07. The van der Waals surface area contributed by atoms with Crippen molar-refractivity contribution < 1.29 is 9.90 Å². The van der Waals surface area contributed by atoms with Gasteiger partial charge >= 0.3 is 5.97 Å². The molecule has 6 heteroatoms. The largest absolute Gasteiger partial charge is 0.478 e. The molecule has 1 N–H and O–H groups in total. The minimum absolute atomic E-state index is 0.0383. The van der Waals surface area contributed by atoms with Gasteiger partial charge in [-0.25, -0.2) is 4.79 Å². The van der Waals surface area contributed by atoms with Crippen molar-refractivity contribution in [3.8, 4) is 11.1 Å². The lowest BCUT2D eigenvalue weighted by molar-refractivity contribution is -0.131. The average molecular weight is 526 g/mol. The maximum Gasteiger partial charge on any atom is 0.328 e. The van der Waals surface area contributed by atoms with Crippen LogP contribution in [0, 0.1) is 0 Å². The van der Waals surface area contributed by atoms with Crippen LogP contribution in [0.15, 0.2) is 79.1 Å². The SMILES string of the molecule is CCc1ccc(N2[C@@H](c3ccc(/C=C/C(=O)O)cc3)c3ccc(-c4cnn(CC)c4)cc3C[C@@H]2C)c(Cl)c1. The number of hydrogen-bond acceptors (Lipinski definition) is 3. The van der Waals surface area contributed by atoms with E-state index in [0.717, 1.165) is 52.9 Å². The molecule has 0 aliphatic carbocycles. The number of fused-ring (bicyclic) bond motifs is 1. The van der Waals surface area contributed by atoms with Gasteiger partial charge in [0.1, 0.15) is 0 Å². The molecule has 0 unspecified atom stereocenters. The van der Waals surface area contributed by atoms with Gasteiger partial charge in [0.15, 0.2) is 0 Å². The number of halogens is 1. The van der Waals surface area contributed by atoms with E-state index in [1.165, 1.54) is 22.3 Å². The Morgan fingerprint density at radius 2 is 1.87 bits per heavy atom. The minimum atomic E-state index is -0.958. The summed E-state index contributed by atoms with van der Waals surface area (Å²) >= 11 is 6.89. The molecule has 194 valence electrons. The van der Waals surface area contributed by atoms with Gasteiger partial charge in [-0.2, -0.15) is 5.10 Å². The van der Waals surface area contributed by atoms with Gasteiger partial charge in [0.05, 0.1) is 22.9 Å². The van der Waals surface area contributed by atoms with E-state index in [1.54, 1.807) is 6.08 Å². The zero-order valence-electron chi connectivity index (χ0n) is 21.9. The first-order valence-corrected chi connectivity index (χ1v) is 13.5. The summed E-state index contributed by atoms with van der Waals surface area (Å²) < 4.78 is 1.95. The Balaban J connectivity index is 1.61. The van der Waals surface area contributed by atoms with Crippen molar-refractivity contribution >= 4 is 29.3 Å². The van der Waals surface area contributed by atoms with E-state index in [1.807, 2.05) is 23.0 Å². The van der Waals surface area contributed by atoms with Crippen LogP contribution >= 0.6 is 11.6 Å². The van der Waals surface area contributed by atoms with Crippen molar-refractivity contribution in [3.05, 3.63) is 112 Å². The van der Waals surface area contributed by atoms with Gasteiger partial charge in [-0.3, -0.25) is 4.68 Å². The number of aryl methyl sites for hydroxylation is 2. The van der Waals surface area contributed by atoms with Crippen molar-refractivity contribution in [2.24, 2.45) is 0 Å². The summed E-state index contributed by atoms with van der Waals surface area (Å²) in [7, 11) is 0. The molecule has 2 atom stereocenters. The molecule has 0 saturated heterocycles. The van der Waals surface area contributed by atoms with Gasteiger partial charge in [0, 0.05) is 30.4 Å². The Bertz CT molecular complexity index is 1490. The summed E-state index contributed by atoms with van der Waals surface area (Å²) in [6, 6.07) is 21.4. The highest BCUT2D eigenvalue weighted by atomic mass is 35.5. The molecule has 4 aromatic rings. The van der Waals surface area contributed by atoms with Gasteiger partial charge in [-0.05, 0) is 78.3 Å². The molecule has 0 amide bonds. The smallest absolute Gasteiger partial charge is 0.328 e. The summed E-state index contributed by atoms with van der Waals surface area (Å²) in [5.74, 6) is -0.958. The zero-order valence-corrected chi connectivity index (χ0v) is 22.7. The lowest BCUT2D eigenvalue weighted by atomic mass is 9.83. The Morgan fingerprint density at radius 3 is 2.53 bits per heavy atom. The average Bonchev–Trinajstić information content (AvgIpc) is 3.41. The van der Waals surface area contributed by atoms with Crippen molar-refractivity contribution in [1.29, 1.82) is 0 Å². The van der Waals surface area contributed by atoms with Gasteiger partial charge in [0.25, 0.3) is 0 Å². The molecule has 0 saturated carbocycles. The molecule has 0 bridgehead atoms. The van der Waals surface area contributed by atoms with E-state index in [-0.39, 0.29) is 12.1 Å². The number of rotatable bonds is 7. The molecule has 38 heavy (non-hydrogen) atoms. The number of carbonyl (C=O) groups is 1. The van der Waals surface area contributed by atoms with Crippen LogP contribution in [0.25, 0.3) is 17.2 Å². The molecule has 2 heterocycles. The van der Waals surface area contributed by atoms with Crippen LogP contribution in [0.5, 0.6) is 0 Å². The van der Waals surface area contributed by atoms with Crippen LogP contribution in [-0.4, -0.2) is 26.9 Å². The van der Waals surface area contributed by atoms with Gasteiger partial charge in [0.2, 0.25) is 0 Å². The first kappa shape index (κ1) is 25.8. The molecule has 5 nitrogen and oxygen atoms in total. The third-order valence-corrected chi connectivity index (χ3v) is 7.67. The lowest BCUT2D eigenvalue weighted by Crippen LogP contribution is -2.43. The van der Waals surface area contributed by atoms with Crippen molar-refractivity contribution in [2.45, 2.75) is 52.2 Å². The topological polar surface area (TPSA) is 58.4 Å². The number of nitrogens with zero attached hydrogens (tertiary/aromatic N) is 3. The maximum absolute atomic E-state index is 11.0. The lowest BCUT2D eigenvalue weighted by Gasteiger charge is -2.44. The molecule has 0 fully saturated rings. The minimum Gasteiger partial charge on any atom is -0.478 e. The van der Waals surface area contributed by atoms with E-state index in [2.05, 4.69) is 85.5 Å². The first-order chi connectivity index (χ1) is 18.4. The number of anilines is 1. The Kier molecular flexibility index (Phi) is 7.39. The fraction of sp³-hybridized carbons (Fsp3) is 0.250. The predicted octanol–water partition coefficient (Wildman–Crippen LogP) is 7.42. The van der Waals surface area contributed by atoms with Crippen molar-refractivity contribution in [2.75, 3.05) is 4.90 Å². The fourth-order valence-corrected chi connectivity index (χ4v) is 5.69. The molecule has 0 radical (unpaired) electrons. The second-order valence-electron chi connectivity index (χ2n) is 9.84. The van der Waals surface area contributed by atoms with Crippen molar-refractivity contribution in [1.82, 2.24) is 9.78 Å². The molecule has 0 spiro atoms. The highest BCUT2D eigenvalue weighted by Crippen LogP contribution is 2.44. The fourth-order valence-electron chi connectivity index (χ4n) is 5.39. The van der Waals surface area contributed by atoms with Crippen LogP contribution < -0.4 is 4.90 Å². The van der Waals surface area contributed by atoms with E-state index in [0.29, 0.717) is 0 Å². The third kappa shape index (κ3) is 5.11. The molecule has 1 aliphatic heterocycles. The summed E-state index contributed by atoms with van der Waals surface area (Å²) in [6.45, 7) is 7.32. The molecule has 1 aliphatic rings. The molecular weight excluding hydrogens is 494 g/mol. The summed E-state index contributed by atoms with van der Waals surface area (Å²) in [4.78, 5) is 13.4. The van der Waals surface area contributed by atoms with Crippen LogP contribution in [-0.2, 0) is 24.2 Å². The highest BCUT2D eigenvalue weighted by Gasteiger charge is 2.34. The number of carboxylic acid groups (broad SMARTS) is 1. The molecular formula is C32H32ClN3O2. The van der Waals surface area contributed by atoms with Gasteiger partial charge < -0.3 is 10.0 Å². The van der Waals surface area contributed by atoms with Gasteiger partial charge in [-0.15, -0.1) is 0 Å². The van der Waals surface area contributed by atoms with Crippen molar-refractivity contribution in [3.63, 3.8) is 0 Å². The second-order valence-corrected chi connectivity index (χ2v) is 10.2. The highest BCUT2D eigenvalue weighted by molar-refractivity contribution is 6.33. The normalized spacial score (nSPS) is 17.1. The van der Waals surface area contributed by atoms with Crippen LogP contribution in [0.3, 0.4) is 0 Å². The predicted molar refractivity (Wildman–Crippen MR) is 155 cm³/mol. The molecule has 5 rings (SSSR count). The standard InChI is InChI=1S/C32H32ClN3O2/c1-4-22-8-14-30(29(33)17-22)36-21(3)16-26-18-25(27-19-34-35(5-2)20-27)12-13-28(26)32(36)24-10-6-23(7-11-24)9-15-31(37)38/h6-15,17-21,32H,4-5,16H2,1-3H3,(H,37,38)/b15-9+/t21-,32-/m0/s1. The van der Waals surface area contributed by atoms with E-state index >= 15 is 0 Å². The monoisotopic (exact) mass is 525 g/mol. The number of aromatic nitrogens is 2. The zero-order chi connectivity index (χ0) is 26.8. The number of aliphatic carboxylic acids is 1. The number of benzene rings is 3. The maximum atomic E-state index is 11.0. The number of carboxylic acids is 1. The van der Waals surface area contributed by atoms with E-state index in [9.17, 15) is 4.79 Å². The summed E-state index contributed by atoms with van der Waals surface area (Å²) in [6.07, 6.45) is 8.63. The Morgan fingerprint density at radius 1 is 1.08 bits per heavy atom. The van der Waals surface area contributed by atoms with E-state index < -0.39 is 5.97 Å². The number of hydrogen-bond donors (Lipinski definition) is 1. The van der Waals surface area contributed by atoms with Gasteiger partial charge in [-0.1, -0.05) is 67.1 Å². The Labute approximate surface area is 229 Å². The quantitative estimate of drug-likeness (QED) is 0.255. The van der Waals surface area contributed by atoms with Crippen LogP contribution in [0.1, 0.15) is 54.6 Å². The first-order valence-electron chi connectivity index (χ1n) is 13.1. The third-order valence-electron chi connectivity index (χ3n) is 7.37. The van der Waals surface area contributed by atoms with E-state index in [4.69, 9.17) is 16.7 Å². The summed E-state index contributed by atoms with van der Waals surface area (Å²) in [5, 5.41) is 14.2. The molecule has 3 aromatic carbocycles. The Hall–Kier alpha value is -3.83. The second kappa shape index (κ2) is 10.9. The van der Waals surface area contributed by atoms with Crippen LogP contribution in [0.4, 0.5) is 5.69 Å². The molecule has 1 aromatic heterocycles. The van der Waals surface area contributed by atoms with Crippen LogP contribution in [0.2, 0.25) is 5.02 Å².